The molecule has 0 aliphatic heterocycles. The molecule has 12 heteroatoms. The number of allylic oxidation sites excluding steroid dienone is 10. The number of hydrogen-bond donors (Lipinski definition) is 2. The number of carbonyl (C=O) groups is 3. The van der Waals surface area contributed by atoms with Gasteiger partial charge in [-0.05, 0) is 103 Å². The molecule has 3 atom stereocenters. The Labute approximate surface area is 440 Å². The van der Waals surface area contributed by atoms with E-state index in [1.54, 1.807) is 0 Å². The number of hydrogen-bond acceptors (Lipinski definition) is 10. The quantitative estimate of drug-likeness (QED) is 0.0197. The molecule has 0 aliphatic carbocycles. The molecular formula is C60H107O11P. The summed E-state index contributed by atoms with van der Waals surface area (Å²) in [5, 5.41) is 9.80. The Morgan fingerprint density at radius 3 is 1.12 bits per heavy atom. The molecule has 0 radical (unpaired) electrons. The van der Waals surface area contributed by atoms with Crippen LogP contribution in [0.4, 0.5) is 0 Å². The second-order valence-electron chi connectivity index (χ2n) is 19.4. The Balaban J connectivity index is 4.75. The molecule has 11 nitrogen and oxygen atoms in total. The third-order valence-electron chi connectivity index (χ3n) is 12.4. The largest absolute Gasteiger partial charge is 0.472 e. The van der Waals surface area contributed by atoms with Crippen molar-refractivity contribution in [1.82, 2.24) is 0 Å². The molecule has 0 fully saturated rings. The van der Waals surface area contributed by atoms with Crippen LogP contribution >= 0.6 is 7.82 Å². The molecule has 0 bridgehead atoms. The van der Waals surface area contributed by atoms with E-state index in [-0.39, 0.29) is 25.9 Å². The van der Waals surface area contributed by atoms with E-state index >= 15 is 0 Å². The first-order valence-corrected chi connectivity index (χ1v) is 30.7. The summed E-state index contributed by atoms with van der Waals surface area (Å²) in [7, 11) is -4.75. The smallest absolute Gasteiger partial charge is 0.462 e. The van der Waals surface area contributed by atoms with Crippen LogP contribution in [0.15, 0.2) is 60.8 Å². The number of phosphoric acid groups is 1. The number of phosphoric ester groups is 1. The van der Waals surface area contributed by atoms with Gasteiger partial charge in [-0.1, -0.05) is 204 Å². The maximum absolute atomic E-state index is 12.9. The number of ether oxygens (including phenoxy) is 3. The highest BCUT2D eigenvalue weighted by Gasteiger charge is 2.28. The van der Waals surface area contributed by atoms with Gasteiger partial charge in [0.05, 0.1) is 19.8 Å². The van der Waals surface area contributed by atoms with Crippen molar-refractivity contribution in [3.05, 3.63) is 60.8 Å². The molecule has 0 saturated carbocycles. The van der Waals surface area contributed by atoms with Gasteiger partial charge in [0, 0.05) is 19.3 Å². The van der Waals surface area contributed by atoms with Crippen molar-refractivity contribution in [2.45, 2.75) is 277 Å². The number of esters is 3. The summed E-state index contributed by atoms with van der Waals surface area (Å²) in [6, 6.07) is 0. The Morgan fingerprint density at radius 1 is 0.389 bits per heavy atom. The third-order valence-corrected chi connectivity index (χ3v) is 13.3. The van der Waals surface area contributed by atoms with Crippen LogP contribution in [0.25, 0.3) is 0 Å². The van der Waals surface area contributed by atoms with Crippen molar-refractivity contribution in [3.63, 3.8) is 0 Å². The van der Waals surface area contributed by atoms with Crippen LogP contribution < -0.4 is 0 Å². The topological polar surface area (TPSA) is 155 Å². The molecule has 3 unspecified atom stereocenters. The van der Waals surface area contributed by atoms with Crippen molar-refractivity contribution >= 4 is 25.7 Å². The van der Waals surface area contributed by atoms with Crippen molar-refractivity contribution < 1.29 is 52.2 Å². The van der Waals surface area contributed by atoms with Gasteiger partial charge in [0.1, 0.15) is 12.7 Å². The molecule has 0 saturated heterocycles. The summed E-state index contributed by atoms with van der Waals surface area (Å²) in [6.45, 7) is 4.53. The molecule has 418 valence electrons. The van der Waals surface area contributed by atoms with Crippen LogP contribution in [-0.2, 0) is 42.2 Å². The zero-order chi connectivity index (χ0) is 52.7. The second kappa shape index (κ2) is 54.4. The lowest BCUT2D eigenvalue weighted by Gasteiger charge is -2.21. The van der Waals surface area contributed by atoms with E-state index in [0.29, 0.717) is 19.3 Å². The van der Waals surface area contributed by atoms with Crippen molar-refractivity contribution in [2.75, 3.05) is 26.4 Å². The van der Waals surface area contributed by atoms with Gasteiger partial charge in [0.25, 0.3) is 0 Å². The molecule has 0 aliphatic rings. The molecule has 0 amide bonds. The van der Waals surface area contributed by atoms with E-state index in [1.807, 2.05) is 0 Å². The lowest BCUT2D eigenvalue weighted by atomic mass is 10.1. The summed E-state index contributed by atoms with van der Waals surface area (Å²) in [5.74, 6) is -1.49. The Hall–Kier alpha value is -2.82. The SMILES string of the molecule is CCC/C=C\C/C=C\CCCCCCCC(=O)OC(CO)COP(=O)(O)OCC(COC(=O)CCCCCCC/C=C\C/C=C\CCCCC)OC(=O)CCCCCCCCC/C=C\CCCCCCCC. The molecule has 0 rings (SSSR count). The third kappa shape index (κ3) is 52.1. The lowest BCUT2D eigenvalue weighted by Crippen LogP contribution is -2.30. The van der Waals surface area contributed by atoms with Crippen LogP contribution in [0, 0.1) is 0 Å². The first kappa shape index (κ1) is 69.2. The van der Waals surface area contributed by atoms with Gasteiger partial charge in [-0.3, -0.25) is 23.4 Å². The zero-order valence-corrected chi connectivity index (χ0v) is 47.0. The summed E-state index contributed by atoms with van der Waals surface area (Å²) in [4.78, 5) is 48.5. The first-order chi connectivity index (χ1) is 35.2. The van der Waals surface area contributed by atoms with E-state index in [2.05, 4.69) is 81.5 Å². The maximum atomic E-state index is 12.9. The fraction of sp³-hybridized carbons (Fsp3) is 0.783. The van der Waals surface area contributed by atoms with Gasteiger partial charge in [-0.25, -0.2) is 4.57 Å². The number of carbonyl (C=O) groups excluding carboxylic acids is 3. The van der Waals surface area contributed by atoms with Gasteiger partial charge in [0.2, 0.25) is 0 Å². The first-order valence-electron chi connectivity index (χ1n) is 29.2. The normalized spacial score (nSPS) is 13.8. The highest BCUT2D eigenvalue weighted by atomic mass is 31.2. The average molecular weight is 1040 g/mol. The summed E-state index contributed by atoms with van der Waals surface area (Å²) < 4.78 is 39.5. The zero-order valence-electron chi connectivity index (χ0n) is 46.1. The fourth-order valence-corrected chi connectivity index (χ4v) is 8.67. The fourth-order valence-electron chi connectivity index (χ4n) is 7.89. The summed E-state index contributed by atoms with van der Waals surface area (Å²) >= 11 is 0. The minimum Gasteiger partial charge on any atom is -0.462 e. The monoisotopic (exact) mass is 1030 g/mol. The van der Waals surface area contributed by atoms with Gasteiger partial charge < -0.3 is 24.2 Å². The van der Waals surface area contributed by atoms with Gasteiger partial charge in [-0.15, -0.1) is 0 Å². The molecule has 2 N–H and O–H groups in total. The minimum atomic E-state index is -4.75. The number of aliphatic hydroxyl groups excluding tert-OH is 1. The van der Waals surface area contributed by atoms with Crippen molar-refractivity contribution in [2.24, 2.45) is 0 Å². The van der Waals surface area contributed by atoms with Crippen molar-refractivity contribution in [1.29, 1.82) is 0 Å². The van der Waals surface area contributed by atoms with Crippen LogP contribution in [0.5, 0.6) is 0 Å². The molecular weight excluding hydrogens is 928 g/mol. The highest BCUT2D eigenvalue weighted by Crippen LogP contribution is 2.43. The highest BCUT2D eigenvalue weighted by molar-refractivity contribution is 7.47. The lowest BCUT2D eigenvalue weighted by molar-refractivity contribution is -0.161. The molecule has 72 heavy (non-hydrogen) atoms. The summed E-state index contributed by atoms with van der Waals surface area (Å²) in [5.41, 5.74) is 0. The van der Waals surface area contributed by atoms with Crippen LogP contribution in [0.2, 0.25) is 0 Å². The predicted octanol–water partition coefficient (Wildman–Crippen LogP) is 17.1. The molecule has 0 aromatic heterocycles. The van der Waals surface area contributed by atoms with E-state index in [1.165, 1.54) is 83.5 Å². The minimum absolute atomic E-state index is 0.158. The number of unbranched alkanes of at least 4 members (excludes halogenated alkanes) is 27. The van der Waals surface area contributed by atoms with Gasteiger partial charge >= 0.3 is 25.7 Å². The maximum Gasteiger partial charge on any atom is 0.472 e. The average Bonchev–Trinajstić information content (AvgIpc) is 3.37. The van der Waals surface area contributed by atoms with Crippen LogP contribution in [-0.4, -0.2) is 66.5 Å². The van der Waals surface area contributed by atoms with Gasteiger partial charge in [0.15, 0.2) is 6.10 Å². The van der Waals surface area contributed by atoms with Crippen LogP contribution in [0.3, 0.4) is 0 Å². The van der Waals surface area contributed by atoms with Crippen LogP contribution in [0.1, 0.15) is 265 Å². The predicted molar refractivity (Wildman–Crippen MR) is 298 cm³/mol. The Kier molecular flexibility index (Phi) is 52.3. The van der Waals surface area contributed by atoms with E-state index in [0.717, 1.165) is 122 Å². The number of aliphatic hydroxyl groups is 1. The second-order valence-corrected chi connectivity index (χ2v) is 20.9. The number of rotatable bonds is 54. The standard InChI is InChI=1S/C60H107O11P/c1-4-7-10-13-16-19-22-25-27-28-30-33-36-39-42-45-48-51-60(64)71-57(53-67-58(62)49-46-43-40-37-34-32-29-26-23-20-17-14-11-8-5-2)55-69-72(65,66)68-54-56(52-61)70-59(63)50-47-44-41-38-35-31-24-21-18-15-12-9-6-3/h12,15,17,20-21,24-27,29,56-57,61H,4-11,13-14,16,18-19,22-23,28,30-55H2,1-3H3,(H,65,66)/b15-12-,20-17-,24-21-,27-25-,29-26-. The molecule has 0 aromatic rings. The molecule has 0 heterocycles. The van der Waals surface area contributed by atoms with E-state index < -0.39 is 57.8 Å². The Morgan fingerprint density at radius 2 is 0.708 bits per heavy atom. The van der Waals surface area contributed by atoms with E-state index in [9.17, 15) is 28.9 Å². The van der Waals surface area contributed by atoms with E-state index in [4.69, 9.17) is 23.3 Å². The molecule has 0 aromatic carbocycles. The van der Waals surface area contributed by atoms with Gasteiger partial charge in [-0.2, -0.15) is 0 Å². The molecule has 0 spiro atoms. The Bertz CT molecular complexity index is 1440. The van der Waals surface area contributed by atoms with Crippen molar-refractivity contribution in [3.8, 4) is 0 Å². The summed E-state index contributed by atoms with van der Waals surface area (Å²) in [6.07, 6.45) is 58.9.